The van der Waals surface area contributed by atoms with E-state index in [0.717, 1.165) is 12.0 Å². The van der Waals surface area contributed by atoms with Gasteiger partial charge < -0.3 is 5.32 Å². The zero-order valence-corrected chi connectivity index (χ0v) is 11.8. The van der Waals surface area contributed by atoms with Crippen molar-refractivity contribution in [1.82, 2.24) is 5.32 Å². The lowest BCUT2D eigenvalue weighted by Crippen LogP contribution is -2.18. The molecule has 1 aromatic carbocycles. The quantitative estimate of drug-likeness (QED) is 0.879. The first kappa shape index (κ1) is 13.2. The van der Waals surface area contributed by atoms with E-state index in [9.17, 15) is 4.39 Å². The van der Waals surface area contributed by atoms with Crippen molar-refractivity contribution in [3.05, 3.63) is 57.0 Å². The first-order valence-corrected chi connectivity index (χ1v) is 6.90. The lowest BCUT2D eigenvalue weighted by atomic mass is 10.0. The maximum absolute atomic E-state index is 13.2. The van der Waals surface area contributed by atoms with Crippen LogP contribution in [0, 0.1) is 19.7 Å². The van der Waals surface area contributed by atoms with Crippen LogP contribution in [0.2, 0.25) is 0 Å². The predicted molar refractivity (Wildman–Crippen MR) is 75.7 cm³/mol. The number of hydrogen-bond donors (Lipinski definition) is 1. The number of halogens is 1. The highest BCUT2D eigenvalue weighted by Crippen LogP contribution is 2.29. The van der Waals surface area contributed by atoms with Gasteiger partial charge in [0.25, 0.3) is 0 Å². The average Bonchev–Trinajstić information content (AvgIpc) is 2.65. The smallest absolute Gasteiger partial charge is 0.123 e. The normalized spacial score (nSPS) is 12.7. The van der Waals surface area contributed by atoms with Crippen molar-refractivity contribution in [2.75, 3.05) is 7.05 Å². The van der Waals surface area contributed by atoms with E-state index >= 15 is 0 Å². The second kappa shape index (κ2) is 5.63. The fraction of sp³-hybridized carbons (Fsp3) is 0.333. The molecule has 1 unspecified atom stereocenters. The molecule has 2 rings (SSSR count). The summed E-state index contributed by atoms with van der Waals surface area (Å²) in [5.74, 6) is -0.165. The Hall–Kier alpha value is -1.19. The van der Waals surface area contributed by atoms with Crippen molar-refractivity contribution in [2.24, 2.45) is 0 Å². The van der Waals surface area contributed by atoms with Crippen LogP contribution in [-0.4, -0.2) is 7.05 Å². The summed E-state index contributed by atoms with van der Waals surface area (Å²) in [7, 11) is 1.96. The Labute approximate surface area is 112 Å². The van der Waals surface area contributed by atoms with Crippen LogP contribution in [0.5, 0.6) is 0 Å². The fourth-order valence-electron chi connectivity index (χ4n) is 2.23. The lowest BCUT2D eigenvalue weighted by Gasteiger charge is -2.16. The molecular formula is C15H18FNS. The van der Waals surface area contributed by atoms with Gasteiger partial charge in [-0.05, 0) is 56.6 Å². The molecule has 0 aliphatic rings. The Bertz CT molecular complexity index is 533. The molecule has 0 saturated heterocycles. The van der Waals surface area contributed by atoms with E-state index in [1.165, 1.54) is 21.4 Å². The van der Waals surface area contributed by atoms with Crippen molar-refractivity contribution in [2.45, 2.75) is 26.3 Å². The topological polar surface area (TPSA) is 12.0 Å². The van der Waals surface area contributed by atoms with Crippen molar-refractivity contribution < 1.29 is 4.39 Å². The zero-order valence-electron chi connectivity index (χ0n) is 11.0. The van der Waals surface area contributed by atoms with Gasteiger partial charge in [-0.3, -0.25) is 0 Å². The van der Waals surface area contributed by atoms with Gasteiger partial charge >= 0.3 is 0 Å². The standard InChI is InChI=1S/C15H18FNS/c1-10-7-11(2)18-15(10)14(17-3)9-12-5-4-6-13(16)8-12/h4-8,14,17H,9H2,1-3H3. The molecule has 0 amide bonds. The molecule has 1 heterocycles. The summed E-state index contributed by atoms with van der Waals surface area (Å²) < 4.78 is 13.2. The van der Waals surface area contributed by atoms with E-state index in [1.54, 1.807) is 12.1 Å². The summed E-state index contributed by atoms with van der Waals surface area (Å²) in [4.78, 5) is 2.67. The van der Waals surface area contributed by atoms with Crippen LogP contribution in [0.1, 0.15) is 26.9 Å². The van der Waals surface area contributed by atoms with Crippen LogP contribution in [0.25, 0.3) is 0 Å². The molecule has 2 aromatic rings. The molecule has 1 N–H and O–H groups in total. The third-order valence-corrected chi connectivity index (χ3v) is 4.34. The van der Waals surface area contributed by atoms with E-state index in [-0.39, 0.29) is 11.9 Å². The Balaban J connectivity index is 2.22. The van der Waals surface area contributed by atoms with Crippen molar-refractivity contribution >= 4 is 11.3 Å². The SMILES string of the molecule is CNC(Cc1cccc(F)c1)c1sc(C)cc1C. The van der Waals surface area contributed by atoms with Gasteiger partial charge in [0.1, 0.15) is 5.82 Å². The maximum atomic E-state index is 13.2. The van der Waals surface area contributed by atoms with Gasteiger partial charge in [-0.1, -0.05) is 12.1 Å². The molecule has 1 aromatic heterocycles. The highest BCUT2D eigenvalue weighted by molar-refractivity contribution is 7.12. The Kier molecular flexibility index (Phi) is 4.15. The highest BCUT2D eigenvalue weighted by Gasteiger charge is 2.15. The number of nitrogens with one attached hydrogen (secondary N) is 1. The molecule has 0 bridgehead atoms. The van der Waals surface area contributed by atoms with Gasteiger partial charge in [0.15, 0.2) is 0 Å². The van der Waals surface area contributed by atoms with Crippen LogP contribution in [0.15, 0.2) is 30.3 Å². The number of likely N-dealkylation sites (N-methyl/N-ethyl adjacent to an activating group) is 1. The van der Waals surface area contributed by atoms with Gasteiger partial charge in [0, 0.05) is 15.8 Å². The van der Waals surface area contributed by atoms with Gasteiger partial charge in [0.2, 0.25) is 0 Å². The van der Waals surface area contributed by atoms with Gasteiger partial charge in [-0.2, -0.15) is 0 Å². The van der Waals surface area contributed by atoms with E-state index in [4.69, 9.17) is 0 Å². The summed E-state index contributed by atoms with van der Waals surface area (Å²) >= 11 is 1.81. The van der Waals surface area contributed by atoms with Crippen LogP contribution < -0.4 is 5.32 Å². The summed E-state index contributed by atoms with van der Waals surface area (Å²) in [5.41, 5.74) is 2.34. The van der Waals surface area contributed by atoms with E-state index in [1.807, 2.05) is 24.5 Å². The Morgan fingerprint density at radius 1 is 1.28 bits per heavy atom. The largest absolute Gasteiger partial charge is 0.312 e. The molecular weight excluding hydrogens is 245 g/mol. The monoisotopic (exact) mass is 263 g/mol. The molecule has 0 fully saturated rings. The second-order valence-corrected chi connectivity index (χ2v) is 5.87. The lowest BCUT2D eigenvalue weighted by molar-refractivity contribution is 0.590. The molecule has 0 radical (unpaired) electrons. The van der Waals surface area contributed by atoms with Crippen LogP contribution in [0.4, 0.5) is 4.39 Å². The average molecular weight is 263 g/mol. The number of aryl methyl sites for hydroxylation is 2. The summed E-state index contributed by atoms with van der Waals surface area (Å²) in [5, 5.41) is 3.33. The van der Waals surface area contributed by atoms with Gasteiger partial charge in [-0.15, -0.1) is 11.3 Å². The molecule has 0 saturated carbocycles. The third kappa shape index (κ3) is 2.98. The van der Waals surface area contributed by atoms with Crippen LogP contribution >= 0.6 is 11.3 Å². The summed E-state index contributed by atoms with van der Waals surface area (Å²) in [6, 6.07) is 9.30. The zero-order chi connectivity index (χ0) is 13.1. The minimum atomic E-state index is -0.165. The number of hydrogen-bond acceptors (Lipinski definition) is 2. The first-order chi connectivity index (χ1) is 8.60. The Morgan fingerprint density at radius 2 is 2.06 bits per heavy atom. The predicted octanol–water partition coefficient (Wildman–Crippen LogP) is 4.01. The third-order valence-electron chi connectivity index (χ3n) is 3.07. The van der Waals surface area contributed by atoms with Crippen LogP contribution in [0.3, 0.4) is 0 Å². The molecule has 3 heteroatoms. The number of rotatable bonds is 4. The molecule has 0 aliphatic carbocycles. The van der Waals surface area contributed by atoms with Crippen molar-refractivity contribution in [3.8, 4) is 0 Å². The number of benzene rings is 1. The van der Waals surface area contributed by atoms with Crippen molar-refractivity contribution in [3.63, 3.8) is 0 Å². The molecule has 1 nitrogen and oxygen atoms in total. The summed E-state index contributed by atoms with van der Waals surface area (Å²) in [6.45, 7) is 4.25. The molecule has 0 aliphatic heterocycles. The van der Waals surface area contributed by atoms with Gasteiger partial charge in [-0.25, -0.2) is 4.39 Å². The fourth-order valence-corrected chi connectivity index (χ4v) is 3.38. The minimum Gasteiger partial charge on any atom is -0.312 e. The van der Waals surface area contributed by atoms with Crippen molar-refractivity contribution in [1.29, 1.82) is 0 Å². The molecule has 1 atom stereocenters. The first-order valence-electron chi connectivity index (χ1n) is 6.09. The molecule has 18 heavy (non-hydrogen) atoms. The number of thiophene rings is 1. The van der Waals surface area contributed by atoms with Gasteiger partial charge in [0.05, 0.1) is 0 Å². The Morgan fingerprint density at radius 3 is 2.61 bits per heavy atom. The van der Waals surface area contributed by atoms with E-state index in [0.29, 0.717) is 0 Å². The highest BCUT2D eigenvalue weighted by atomic mass is 32.1. The minimum absolute atomic E-state index is 0.165. The molecule has 96 valence electrons. The van der Waals surface area contributed by atoms with Crippen LogP contribution in [-0.2, 0) is 6.42 Å². The van der Waals surface area contributed by atoms with E-state index in [2.05, 4.69) is 25.2 Å². The van der Waals surface area contributed by atoms with E-state index < -0.39 is 0 Å². The maximum Gasteiger partial charge on any atom is 0.123 e. The summed E-state index contributed by atoms with van der Waals surface area (Å²) in [6.07, 6.45) is 0.815. The second-order valence-electron chi connectivity index (χ2n) is 4.58. The molecule has 0 spiro atoms.